The summed E-state index contributed by atoms with van der Waals surface area (Å²) >= 11 is 0. The highest BCUT2D eigenvalue weighted by Gasteiger charge is 2.49. The van der Waals surface area contributed by atoms with E-state index in [1.54, 1.807) is 0 Å². The van der Waals surface area contributed by atoms with Gasteiger partial charge in [-0.2, -0.15) is 0 Å². The van der Waals surface area contributed by atoms with Gasteiger partial charge in [0.1, 0.15) is 11.5 Å². The van der Waals surface area contributed by atoms with Crippen LogP contribution < -0.4 is 5.73 Å². The van der Waals surface area contributed by atoms with Gasteiger partial charge in [-0.05, 0) is 32.8 Å². The van der Waals surface area contributed by atoms with Crippen molar-refractivity contribution in [1.29, 1.82) is 0 Å². The van der Waals surface area contributed by atoms with Crippen LogP contribution in [0.1, 0.15) is 40.0 Å². The molecule has 0 heterocycles. The van der Waals surface area contributed by atoms with Crippen LogP contribution in [0, 0.1) is 0 Å². The van der Waals surface area contributed by atoms with Crippen molar-refractivity contribution < 1.29 is 22.0 Å². The monoisotopic (exact) mass is 271 g/mol. The van der Waals surface area contributed by atoms with Crippen molar-refractivity contribution in [3.05, 3.63) is 11.4 Å². The minimum Gasteiger partial charge on any atom is -0.324 e. The average Bonchev–Trinajstić information content (AvgIpc) is 2.13. The summed E-state index contributed by atoms with van der Waals surface area (Å²) in [5.74, 6) is -4.32. The van der Waals surface area contributed by atoms with Gasteiger partial charge < -0.3 is 5.73 Å². The minimum atomic E-state index is -2.97. The number of nitrogens with two attached hydrogens (primary N) is 1. The largest absolute Gasteiger partial charge is 0.324 e. The predicted molar refractivity (Wildman–Crippen MR) is 59.6 cm³/mol. The van der Waals surface area contributed by atoms with Gasteiger partial charge in [0, 0.05) is 18.9 Å². The second-order valence-corrected chi connectivity index (χ2v) is 5.48. The smallest absolute Gasteiger partial charge is 0.250 e. The zero-order valence-corrected chi connectivity index (χ0v) is 10.7. The molecular formula is C12H18F5N. The first-order valence-corrected chi connectivity index (χ1v) is 5.79. The fourth-order valence-electron chi connectivity index (χ4n) is 1.88. The Morgan fingerprint density at radius 1 is 1.28 bits per heavy atom. The van der Waals surface area contributed by atoms with E-state index >= 15 is 0 Å². The molecule has 1 nitrogen and oxygen atoms in total. The van der Waals surface area contributed by atoms with E-state index in [2.05, 4.69) is 0 Å². The number of hydrogen-bond acceptors (Lipinski definition) is 1. The van der Waals surface area contributed by atoms with Gasteiger partial charge in [0.15, 0.2) is 5.67 Å². The SMILES string of the molecule is CC(C)(F)C(C)(F)/C(F)=C1\CCC(F)(F)CC1N. The lowest BCUT2D eigenvalue weighted by Gasteiger charge is -2.35. The molecule has 1 aliphatic carbocycles. The Balaban J connectivity index is 3.08. The molecule has 1 rings (SSSR count). The van der Waals surface area contributed by atoms with E-state index in [0.717, 1.165) is 20.8 Å². The van der Waals surface area contributed by atoms with Crippen LogP contribution in [0.3, 0.4) is 0 Å². The molecule has 2 unspecified atom stereocenters. The van der Waals surface area contributed by atoms with Gasteiger partial charge in [0.05, 0.1) is 0 Å². The summed E-state index contributed by atoms with van der Waals surface area (Å²) in [4.78, 5) is 0. The van der Waals surface area contributed by atoms with Crippen LogP contribution in [0.25, 0.3) is 0 Å². The lowest BCUT2D eigenvalue weighted by atomic mass is 9.81. The van der Waals surface area contributed by atoms with E-state index in [1.807, 2.05) is 0 Å². The predicted octanol–water partition coefficient (Wildman–Crippen LogP) is 3.83. The van der Waals surface area contributed by atoms with Crippen LogP contribution in [-0.4, -0.2) is 23.3 Å². The third kappa shape index (κ3) is 2.84. The number of alkyl halides is 4. The molecule has 1 aliphatic rings. The highest BCUT2D eigenvalue weighted by atomic mass is 19.3. The lowest BCUT2D eigenvalue weighted by Crippen LogP contribution is -2.44. The van der Waals surface area contributed by atoms with Crippen molar-refractivity contribution in [3.8, 4) is 0 Å². The first-order chi connectivity index (χ1) is 7.88. The molecule has 18 heavy (non-hydrogen) atoms. The van der Waals surface area contributed by atoms with Crippen LogP contribution in [-0.2, 0) is 0 Å². The standard InChI is InChI=1S/C12H18F5N/c1-10(2,14)11(3,15)9(13)7-4-5-12(16,17)6-8(7)18/h8H,4-6,18H2,1-3H3/b9-7-. The molecule has 1 fully saturated rings. The maximum atomic E-state index is 14.1. The highest BCUT2D eigenvalue weighted by molar-refractivity contribution is 5.27. The van der Waals surface area contributed by atoms with Gasteiger partial charge in [-0.15, -0.1) is 0 Å². The van der Waals surface area contributed by atoms with Gasteiger partial charge in [-0.1, -0.05) is 0 Å². The topological polar surface area (TPSA) is 26.0 Å². The van der Waals surface area contributed by atoms with Gasteiger partial charge >= 0.3 is 0 Å². The van der Waals surface area contributed by atoms with E-state index in [0.29, 0.717) is 0 Å². The van der Waals surface area contributed by atoms with Gasteiger partial charge in [-0.3, -0.25) is 0 Å². The molecule has 0 aliphatic heterocycles. The third-order valence-corrected chi connectivity index (χ3v) is 3.54. The van der Waals surface area contributed by atoms with Crippen LogP contribution in [0.4, 0.5) is 22.0 Å². The Morgan fingerprint density at radius 2 is 1.78 bits per heavy atom. The van der Waals surface area contributed by atoms with Gasteiger partial charge in [0.2, 0.25) is 5.92 Å². The molecule has 106 valence electrons. The molecule has 0 spiro atoms. The quantitative estimate of drug-likeness (QED) is 0.759. The lowest BCUT2D eigenvalue weighted by molar-refractivity contribution is -0.0325. The molecule has 0 aromatic heterocycles. The van der Waals surface area contributed by atoms with E-state index in [1.165, 1.54) is 0 Å². The summed E-state index contributed by atoms with van der Waals surface area (Å²) in [7, 11) is 0. The van der Waals surface area contributed by atoms with E-state index in [4.69, 9.17) is 5.73 Å². The van der Waals surface area contributed by atoms with Crippen LogP contribution in [0.15, 0.2) is 11.4 Å². The highest BCUT2D eigenvalue weighted by Crippen LogP contribution is 2.43. The Hall–Kier alpha value is -0.650. The van der Waals surface area contributed by atoms with Crippen molar-refractivity contribution in [1.82, 2.24) is 0 Å². The van der Waals surface area contributed by atoms with Crippen molar-refractivity contribution in [2.45, 2.75) is 63.3 Å². The molecule has 0 bridgehead atoms. The molecule has 6 heteroatoms. The zero-order valence-electron chi connectivity index (χ0n) is 10.7. The Morgan fingerprint density at radius 3 is 2.17 bits per heavy atom. The van der Waals surface area contributed by atoms with Crippen molar-refractivity contribution in [3.63, 3.8) is 0 Å². The van der Waals surface area contributed by atoms with Crippen molar-refractivity contribution >= 4 is 0 Å². The Bertz CT molecular complexity index is 354. The van der Waals surface area contributed by atoms with Crippen LogP contribution >= 0.6 is 0 Å². The van der Waals surface area contributed by atoms with Crippen LogP contribution in [0.2, 0.25) is 0 Å². The minimum absolute atomic E-state index is 0.239. The van der Waals surface area contributed by atoms with Crippen molar-refractivity contribution in [2.75, 3.05) is 0 Å². The fraction of sp³-hybridized carbons (Fsp3) is 0.833. The molecule has 0 amide bonds. The number of hydrogen-bond donors (Lipinski definition) is 1. The summed E-state index contributed by atoms with van der Waals surface area (Å²) in [6.45, 7) is 2.56. The first-order valence-electron chi connectivity index (χ1n) is 5.79. The summed E-state index contributed by atoms with van der Waals surface area (Å²) < 4.78 is 67.8. The molecular weight excluding hydrogens is 253 g/mol. The molecule has 1 saturated carbocycles. The maximum absolute atomic E-state index is 14.1. The summed E-state index contributed by atoms with van der Waals surface area (Å²) in [6, 6.07) is -1.27. The fourth-order valence-corrected chi connectivity index (χ4v) is 1.88. The van der Waals surface area contributed by atoms with Gasteiger partial charge in [0.25, 0.3) is 0 Å². The molecule has 0 aromatic rings. The number of rotatable bonds is 2. The molecule has 0 aromatic carbocycles. The van der Waals surface area contributed by atoms with Crippen LogP contribution in [0.5, 0.6) is 0 Å². The molecule has 2 N–H and O–H groups in total. The normalized spacial score (nSPS) is 30.8. The van der Waals surface area contributed by atoms with E-state index in [-0.39, 0.29) is 12.0 Å². The maximum Gasteiger partial charge on any atom is 0.250 e. The number of allylic oxidation sites excluding steroid dienone is 1. The Kier molecular flexibility index (Phi) is 3.83. The second-order valence-electron chi connectivity index (χ2n) is 5.48. The molecule has 0 radical (unpaired) electrons. The Labute approximate surface area is 103 Å². The van der Waals surface area contributed by atoms with E-state index in [9.17, 15) is 22.0 Å². The summed E-state index contributed by atoms with van der Waals surface area (Å²) in [6.07, 6.45) is -1.68. The zero-order chi connectivity index (χ0) is 14.4. The van der Waals surface area contributed by atoms with Gasteiger partial charge in [-0.25, -0.2) is 22.0 Å². The molecule has 0 saturated heterocycles. The van der Waals surface area contributed by atoms with E-state index < -0.39 is 42.0 Å². The van der Waals surface area contributed by atoms with Crippen molar-refractivity contribution in [2.24, 2.45) is 5.73 Å². The first kappa shape index (κ1) is 15.4. The third-order valence-electron chi connectivity index (χ3n) is 3.54. The second kappa shape index (κ2) is 4.47. The average molecular weight is 271 g/mol. The summed E-state index contributed by atoms with van der Waals surface area (Å²) in [5, 5.41) is 0. The molecule has 2 atom stereocenters. The summed E-state index contributed by atoms with van der Waals surface area (Å²) in [5.41, 5.74) is -0.134. The number of halogens is 5.